The maximum Gasteiger partial charge on any atom is 0.217 e. The number of rotatable bonds is 1. The van der Waals surface area contributed by atoms with E-state index in [1.165, 1.54) is 6.92 Å². The fourth-order valence-corrected chi connectivity index (χ4v) is 1.51. The van der Waals surface area contributed by atoms with Crippen LogP contribution in [-0.2, 0) is 4.79 Å². The van der Waals surface area contributed by atoms with Crippen LogP contribution in [0.5, 0.6) is 0 Å². The SMILES string of the molecule is CC(=O)NC1CCCCC1F. The van der Waals surface area contributed by atoms with Gasteiger partial charge in [-0.05, 0) is 12.8 Å². The number of carbonyl (C=O) groups excluding carboxylic acids is 1. The number of carbonyl (C=O) groups is 1. The van der Waals surface area contributed by atoms with Gasteiger partial charge in [-0.1, -0.05) is 12.8 Å². The summed E-state index contributed by atoms with van der Waals surface area (Å²) in [6.45, 7) is 1.43. The Morgan fingerprint density at radius 1 is 1.45 bits per heavy atom. The predicted molar refractivity (Wildman–Crippen MR) is 41.0 cm³/mol. The standard InChI is InChI=1S/C8H14FNO/c1-6(11)10-8-5-3-2-4-7(8)9/h7-8H,2-5H2,1H3,(H,10,11). The molecule has 0 saturated heterocycles. The Kier molecular flexibility index (Phi) is 2.85. The summed E-state index contributed by atoms with van der Waals surface area (Å²) in [5.41, 5.74) is 0. The van der Waals surface area contributed by atoms with Crippen LogP contribution in [0.15, 0.2) is 0 Å². The molecule has 0 spiro atoms. The van der Waals surface area contributed by atoms with Gasteiger partial charge in [-0.15, -0.1) is 0 Å². The minimum atomic E-state index is -0.826. The van der Waals surface area contributed by atoms with Crippen LogP contribution in [0.3, 0.4) is 0 Å². The van der Waals surface area contributed by atoms with E-state index in [-0.39, 0.29) is 11.9 Å². The number of alkyl halides is 1. The molecule has 1 amide bonds. The summed E-state index contributed by atoms with van der Waals surface area (Å²) in [5, 5.41) is 2.62. The quantitative estimate of drug-likeness (QED) is 0.615. The summed E-state index contributed by atoms with van der Waals surface area (Å²) >= 11 is 0. The Balaban J connectivity index is 2.35. The van der Waals surface area contributed by atoms with Gasteiger partial charge in [0.15, 0.2) is 0 Å². The lowest BCUT2D eigenvalue weighted by Crippen LogP contribution is -2.42. The molecule has 1 N–H and O–H groups in total. The summed E-state index contributed by atoms with van der Waals surface area (Å²) in [6, 6.07) is -0.221. The molecule has 11 heavy (non-hydrogen) atoms. The first-order chi connectivity index (χ1) is 5.20. The third-order valence-corrected chi connectivity index (χ3v) is 2.07. The monoisotopic (exact) mass is 159 g/mol. The fraction of sp³-hybridized carbons (Fsp3) is 0.875. The molecule has 0 aromatic heterocycles. The van der Waals surface area contributed by atoms with Crippen LogP contribution in [0.4, 0.5) is 4.39 Å². The van der Waals surface area contributed by atoms with Gasteiger partial charge >= 0.3 is 0 Å². The van der Waals surface area contributed by atoms with Gasteiger partial charge in [-0.25, -0.2) is 4.39 Å². The van der Waals surface area contributed by atoms with Crippen molar-refractivity contribution in [1.29, 1.82) is 0 Å². The second-order valence-corrected chi connectivity index (χ2v) is 3.11. The molecule has 2 nitrogen and oxygen atoms in total. The van der Waals surface area contributed by atoms with Gasteiger partial charge < -0.3 is 5.32 Å². The molecule has 0 radical (unpaired) electrons. The van der Waals surface area contributed by atoms with Gasteiger partial charge in [0.25, 0.3) is 0 Å². The number of amides is 1. The summed E-state index contributed by atoms with van der Waals surface area (Å²) in [7, 11) is 0. The van der Waals surface area contributed by atoms with Crippen molar-refractivity contribution in [2.75, 3.05) is 0 Å². The molecule has 64 valence electrons. The first-order valence-corrected chi connectivity index (χ1v) is 4.11. The van der Waals surface area contributed by atoms with E-state index in [9.17, 15) is 9.18 Å². The largest absolute Gasteiger partial charge is 0.351 e. The average molecular weight is 159 g/mol. The number of hydrogen-bond acceptors (Lipinski definition) is 1. The highest BCUT2D eigenvalue weighted by molar-refractivity contribution is 5.73. The van der Waals surface area contributed by atoms with Gasteiger partial charge in [0, 0.05) is 6.92 Å². The van der Waals surface area contributed by atoms with Crippen molar-refractivity contribution in [1.82, 2.24) is 5.32 Å². The van der Waals surface area contributed by atoms with Crippen LogP contribution in [0.25, 0.3) is 0 Å². The van der Waals surface area contributed by atoms with Gasteiger partial charge in [0.2, 0.25) is 5.91 Å². The topological polar surface area (TPSA) is 29.1 Å². The van der Waals surface area contributed by atoms with E-state index in [2.05, 4.69) is 5.32 Å². The molecule has 1 fully saturated rings. The number of hydrogen-bond donors (Lipinski definition) is 1. The average Bonchev–Trinajstić information content (AvgIpc) is 1.93. The van der Waals surface area contributed by atoms with Crippen molar-refractivity contribution in [3.63, 3.8) is 0 Å². The molecule has 0 bridgehead atoms. The zero-order valence-corrected chi connectivity index (χ0v) is 6.77. The number of nitrogens with one attached hydrogen (secondary N) is 1. The zero-order valence-electron chi connectivity index (χ0n) is 6.77. The van der Waals surface area contributed by atoms with Crippen molar-refractivity contribution < 1.29 is 9.18 Å². The van der Waals surface area contributed by atoms with Crippen LogP contribution in [0.1, 0.15) is 32.6 Å². The predicted octanol–water partition coefficient (Wildman–Crippen LogP) is 1.40. The van der Waals surface area contributed by atoms with Crippen molar-refractivity contribution in [2.45, 2.75) is 44.8 Å². The van der Waals surface area contributed by atoms with Crippen molar-refractivity contribution in [2.24, 2.45) is 0 Å². The van der Waals surface area contributed by atoms with Crippen LogP contribution < -0.4 is 5.32 Å². The lowest BCUT2D eigenvalue weighted by Gasteiger charge is -2.25. The van der Waals surface area contributed by atoms with Gasteiger partial charge in [0.05, 0.1) is 6.04 Å². The Bertz CT molecular complexity index is 149. The molecule has 1 rings (SSSR count). The van der Waals surface area contributed by atoms with Crippen LogP contribution in [0.2, 0.25) is 0 Å². The van der Waals surface area contributed by atoms with Crippen molar-refractivity contribution in [3.8, 4) is 0 Å². The summed E-state index contributed by atoms with van der Waals surface area (Å²) < 4.78 is 13.0. The Labute approximate surface area is 66.2 Å². The summed E-state index contributed by atoms with van der Waals surface area (Å²) in [6.07, 6.45) is 2.56. The van der Waals surface area contributed by atoms with E-state index >= 15 is 0 Å². The van der Waals surface area contributed by atoms with Crippen LogP contribution in [0, 0.1) is 0 Å². The highest BCUT2D eigenvalue weighted by Gasteiger charge is 2.24. The van der Waals surface area contributed by atoms with E-state index in [4.69, 9.17) is 0 Å². The highest BCUT2D eigenvalue weighted by Crippen LogP contribution is 2.20. The maximum atomic E-state index is 13.0. The van der Waals surface area contributed by atoms with Gasteiger partial charge in [-0.2, -0.15) is 0 Å². The maximum absolute atomic E-state index is 13.0. The van der Waals surface area contributed by atoms with Gasteiger partial charge in [-0.3, -0.25) is 4.79 Å². The fourth-order valence-electron chi connectivity index (χ4n) is 1.51. The summed E-state index contributed by atoms with van der Waals surface area (Å²) in [5.74, 6) is -0.125. The summed E-state index contributed by atoms with van der Waals surface area (Å²) in [4.78, 5) is 10.6. The minimum Gasteiger partial charge on any atom is -0.351 e. The molecule has 2 unspecified atom stereocenters. The Morgan fingerprint density at radius 3 is 2.64 bits per heavy atom. The molecule has 1 saturated carbocycles. The molecule has 0 aromatic carbocycles. The highest BCUT2D eigenvalue weighted by atomic mass is 19.1. The third-order valence-electron chi connectivity index (χ3n) is 2.07. The van der Waals surface area contributed by atoms with Crippen LogP contribution >= 0.6 is 0 Å². The second-order valence-electron chi connectivity index (χ2n) is 3.11. The molecule has 2 atom stereocenters. The molecule has 0 heterocycles. The molecule has 0 aliphatic heterocycles. The lowest BCUT2D eigenvalue weighted by atomic mass is 9.94. The molecule has 1 aliphatic rings. The lowest BCUT2D eigenvalue weighted by molar-refractivity contribution is -0.120. The van der Waals surface area contributed by atoms with Gasteiger partial charge in [0.1, 0.15) is 6.17 Å². The van der Waals surface area contributed by atoms with Crippen molar-refractivity contribution >= 4 is 5.91 Å². The first-order valence-electron chi connectivity index (χ1n) is 4.11. The molecule has 0 aromatic rings. The smallest absolute Gasteiger partial charge is 0.217 e. The minimum absolute atomic E-state index is 0.125. The van der Waals surface area contributed by atoms with E-state index < -0.39 is 6.17 Å². The third kappa shape index (κ3) is 2.48. The first kappa shape index (κ1) is 8.50. The normalized spacial score (nSPS) is 31.5. The zero-order chi connectivity index (χ0) is 8.27. The van der Waals surface area contributed by atoms with E-state index in [1.807, 2.05) is 0 Å². The molecule has 1 aliphatic carbocycles. The van der Waals surface area contributed by atoms with E-state index in [1.54, 1.807) is 0 Å². The Morgan fingerprint density at radius 2 is 2.09 bits per heavy atom. The van der Waals surface area contributed by atoms with Crippen LogP contribution in [-0.4, -0.2) is 18.1 Å². The van der Waals surface area contributed by atoms with E-state index in [0.717, 1.165) is 19.3 Å². The molecular weight excluding hydrogens is 145 g/mol. The molecular formula is C8H14FNO. The van der Waals surface area contributed by atoms with Crippen molar-refractivity contribution in [3.05, 3.63) is 0 Å². The Hall–Kier alpha value is -0.600. The second kappa shape index (κ2) is 3.69. The molecule has 3 heteroatoms. The van der Waals surface area contributed by atoms with E-state index in [0.29, 0.717) is 6.42 Å². The number of halogens is 1.